The van der Waals surface area contributed by atoms with Crippen LogP contribution in [0.5, 0.6) is 0 Å². The van der Waals surface area contributed by atoms with Crippen LogP contribution in [0.15, 0.2) is 24.3 Å². The first-order valence-corrected chi connectivity index (χ1v) is 9.52. The van der Waals surface area contributed by atoms with Crippen LogP contribution in [-0.2, 0) is 4.79 Å². The molecule has 0 spiro atoms. The van der Waals surface area contributed by atoms with E-state index in [1.807, 2.05) is 6.07 Å². The highest BCUT2D eigenvalue weighted by atomic mass is 16.2. The Hall–Kier alpha value is -2.61. The summed E-state index contributed by atoms with van der Waals surface area (Å²) in [5.41, 5.74) is 6.68. The predicted octanol–water partition coefficient (Wildman–Crippen LogP) is 0.533. The summed E-state index contributed by atoms with van der Waals surface area (Å²) in [4.78, 5) is 40.6. The van der Waals surface area contributed by atoms with Crippen LogP contribution in [0, 0.1) is 5.92 Å². The van der Waals surface area contributed by atoms with Crippen LogP contribution >= 0.6 is 0 Å². The first kappa shape index (κ1) is 19.2. The largest absolute Gasteiger partial charge is 0.355 e. The average molecular weight is 373 g/mol. The Morgan fingerprint density at radius 3 is 2.89 bits per heavy atom. The Bertz CT molecular complexity index is 708. The monoisotopic (exact) mass is 373 g/mol. The van der Waals surface area contributed by atoms with Gasteiger partial charge in [-0.3, -0.25) is 14.5 Å². The third kappa shape index (κ3) is 4.57. The summed E-state index contributed by atoms with van der Waals surface area (Å²) in [5, 5.41) is 5.62. The van der Waals surface area contributed by atoms with Crippen molar-refractivity contribution in [3.05, 3.63) is 29.8 Å². The quantitative estimate of drug-likeness (QED) is 0.700. The molecule has 2 heterocycles. The molecule has 0 saturated carbocycles. The number of rotatable bonds is 5. The van der Waals surface area contributed by atoms with E-state index in [9.17, 15) is 14.4 Å². The molecule has 1 aromatic carbocycles. The second-order valence-corrected chi connectivity index (χ2v) is 6.96. The minimum Gasteiger partial charge on any atom is -0.355 e. The van der Waals surface area contributed by atoms with Gasteiger partial charge in [-0.25, -0.2) is 4.79 Å². The zero-order valence-corrected chi connectivity index (χ0v) is 15.4. The smallest absolute Gasteiger partial charge is 0.321 e. The fourth-order valence-corrected chi connectivity index (χ4v) is 3.58. The third-order valence-electron chi connectivity index (χ3n) is 5.01. The van der Waals surface area contributed by atoms with Crippen LogP contribution in [0.3, 0.4) is 0 Å². The van der Waals surface area contributed by atoms with Gasteiger partial charge in [0, 0.05) is 50.5 Å². The number of piperidine rings is 1. The molecule has 146 valence electrons. The zero-order valence-electron chi connectivity index (χ0n) is 15.4. The highest BCUT2D eigenvalue weighted by Crippen LogP contribution is 2.22. The Kier molecular flexibility index (Phi) is 6.28. The number of likely N-dealkylation sites (tertiary alicyclic amines) is 1. The normalized spacial score (nSPS) is 20.2. The summed E-state index contributed by atoms with van der Waals surface area (Å²) in [6.45, 7) is 3.20. The van der Waals surface area contributed by atoms with Gasteiger partial charge in [0.2, 0.25) is 5.91 Å². The molecule has 4 amide bonds. The van der Waals surface area contributed by atoms with Crippen LogP contribution in [0.4, 0.5) is 10.5 Å². The molecule has 27 heavy (non-hydrogen) atoms. The van der Waals surface area contributed by atoms with Crippen molar-refractivity contribution < 1.29 is 14.4 Å². The van der Waals surface area contributed by atoms with Gasteiger partial charge in [-0.15, -0.1) is 0 Å². The topological polar surface area (TPSA) is 108 Å². The van der Waals surface area contributed by atoms with Crippen molar-refractivity contribution in [3.8, 4) is 0 Å². The van der Waals surface area contributed by atoms with E-state index in [0.29, 0.717) is 50.5 Å². The van der Waals surface area contributed by atoms with E-state index in [-0.39, 0.29) is 23.8 Å². The maximum Gasteiger partial charge on any atom is 0.321 e. The molecule has 3 rings (SSSR count). The van der Waals surface area contributed by atoms with Crippen molar-refractivity contribution in [1.82, 2.24) is 15.5 Å². The van der Waals surface area contributed by atoms with E-state index in [4.69, 9.17) is 5.73 Å². The minimum atomic E-state index is -0.203. The second kappa shape index (κ2) is 8.85. The summed E-state index contributed by atoms with van der Waals surface area (Å²) < 4.78 is 0. The molecule has 1 unspecified atom stereocenters. The van der Waals surface area contributed by atoms with Crippen molar-refractivity contribution in [2.45, 2.75) is 19.3 Å². The van der Waals surface area contributed by atoms with E-state index in [1.54, 1.807) is 28.0 Å². The number of hydrogen-bond acceptors (Lipinski definition) is 4. The lowest BCUT2D eigenvalue weighted by atomic mass is 9.96. The third-order valence-corrected chi connectivity index (χ3v) is 5.01. The molecule has 2 aliphatic heterocycles. The molecule has 0 radical (unpaired) electrons. The standard InChI is InChI=1S/C19H27N5O3/c20-7-9-21-17(25)15-5-2-10-23(13-15)18(26)14-4-1-6-16(12-14)24-11-3-8-22-19(24)27/h1,4,6,12,15H,2-3,5,7-11,13,20H2,(H,21,25)(H,22,27). The molecular formula is C19H27N5O3. The molecule has 0 bridgehead atoms. The van der Waals surface area contributed by atoms with E-state index >= 15 is 0 Å². The summed E-state index contributed by atoms with van der Waals surface area (Å²) in [6, 6.07) is 7.00. The molecule has 2 aliphatic rings. The number of benzene rings is 1. The molecule has 1 aromatic rings. The first-order valence-electron chi connectivity index (χ1n) is 9.52. The number of amides is 4. The Morgan fingerprint density at radius 1 is 1.26 bits per heavy atom. The Balaban J connectivity index is 1.69. The maximum absolute atomic E-state index is 13.0. The van der Waals surface area contributed by atoms with Crippen LogP contribution < -0.4 is 21.3 Å². The molecule has 4 N–H and O–H groups in total. The van der Waals surface area contributed by atoms with Crippen molar-refractivity contribution in [1.29, 1.82) is 0 Å². The average Bonchev–Trinajstić information content (AvgIpc) is 2.72. The Morgan fingerprint density at radius 2 is 2.11 bits per heavy atom. The van der Waals surface area contributed by atoms with Gasteiger partial charge in [0.25, 0.3) is 5.91 Å². The van der Waals surface area contributed by atoms with Crippen LogP contribution in [0.25, 0.3) is 0 Å². The van der Waals surface area contributed by atoms with Crippen molar-refractivity contribution in [3.63, 3.8) is 0 Å². The van der Waals surface area contributed by atoms with E-state index in [0.717, 1.165) is 19.3 Å². The number of nitrogens with zero attached hydrogens (tertiary/aromatic N) is 2. The number of anilines is 1. The van der Waals surface area contributed by atoms with Crippen LogP contribution in [0.2, 0.25) is 0 Å². The van der Waals surface area contributed by atoms with Crippen molar-refractivity contribution in [2.24, 2.45) is 11.7 Å². The lowest BCUT2D eigenvalue weighted by Crippen LogP contribution is -2.47. The van der Waals surface area contributed by atoms with Gasteiger partial charge in [-0.2, -0.15) is 0 Å². The van der Waals surface area contributed by atoms with Gasteiger partial charge in [-0.1, -0.05) is 6.07 Å². The highest BCUT2D eigenvalue weighted by Gasteiger charge is 2.29. The van der Waals surface area contributed by atoms with E-state index < -0.39 is 0 Å². The second-order valence-electron chi connectivity index (χ2n) is 6.96. The summed E-state index contributed by atoms with van der Waals surface area (Å²) in [7, 11) is 0. The number of nitrogens with two attached hydrogens (primary N) is 1. The van der Waals surface area contributed by atoms with Gasteiger partial charge in [0.1, 0.15) is 0 Å². The van der Waals surface area contributed by atoms with Gasteiger partial charge >= 0.3 is 6.03 Å². The maximum atomic E-state index is 13.0. The van der Waals surface area contributed by atoms with Crippen molar-refractivity contribution in [2.75, 3.05) is 44.2 Å². The predicted molar refractivity (Wildman–Crippen MR) is 102 cm³/mol. The summed E-state index contributed by atoms with van der Waals surface area (Å²) in [5.74, 6) is -0.354. The number of hydrogen-bond donors (Lipinski definition) is 3. The highest BCUT2D eigenvalue weighted by molar-refractivity contribution is 5.98. The lowest BCUT2D eigenvalue weighted by Gasteiger charge is -2.32. The van der Waals surface area contributed by atoms with Gasteiger partial charge < -0.3 is 21.3 Å². The molecule has 8 nitrogen and oxygen atoms in total. The lowest BCUT2D eigenvalue weighted by molar-refractivity contribution is -0.126. The van der Waals surface area contributed by atoms with Crippen molar-refractivity contribution >= 4 is 23.5 Å². The summed E-state index contributed by atoms with van der Waals surface area (Å²) in [6.07, 6.45) is 2.43. The van der Waals surface area contributed by atoms with Crippen LogP contribution in [-0.4, -0.2) is 62.0 Å². The molecule has 1 atom stereocenters. The number of urea groups is 1. The molecule has 8 heteroatoms. The SMILES string of the molecule is NCCNC(=O)C1CCCN(C(=O)c2cccc(N3CCCNC3=O)c2)C1. The Labute approximate surface area is 159 Å². The molecular weight excluding hydrogens is 346 g/mol. The molecule has 2 fully saturated rings. The first-order chi connectivity index (χ1) is 13.1. The molecule has 0 aliphatic carbocycles. The fourth-order valence-electron chi connectivity index (χ4n) is 3.58. The van der Waals surface area contributed by atoms with Gasteiger partial charge in [-0.05, 0) is 37.5 Å². The minimum absolute atomic E-state index is 0.0447. The number of nitrogens with one attached hydrogen (secondary N) is 2. The fraction of sp³-hybridized carbons (Fsp3) is 0.526. The van der Waals surface area contributed by atoms with E-state index in [1.165, 1.54) is 0 Å². The van der Waals surface area contributed by atoms with Gasteiger partial charge in [0.15, 0.2) is 0 Å². The zero-order chi connectivity index (χ0) is 19.2. The number of carbonyl (C=O) groups is 3. The van der Waals surface area contributed by atoms with Crippen LogP contribution in [0.1, 0.15) is 29.6 Å². The number of carbonyl (C=O) groups excluding carboxylic acids is 3. The van der Waals surface area contributed by atoms with E-state index in [2.05, 4.69) is 10.6 Å². The molecule has 2 saturated heterocycles. The molecule has 0 aromatic heterocycles. The van der Waals surface area contributed by atoms with Gasteiger partial charge in [0.05, 0.1) is 5.92 Å². The summed E-state index contributed by atoms with van der Waals surface area (Å²) >= 11 is 0.